The van der Waals surface area contributed by atoms with E-state index in [1.807, 2.05) is 54.6 Å². The number of carbonyl (C=O) groups is 2. The molecule has 6 heteroatoms. The van der Waals surface area contributed by atoms with Crippen LogP contribution in [0.3, 0.4) is 0 Å². The molecule has 2 aromatic rings. The van der Waals surface area contributed by atoms with Crippen LogP contribution in [0, 0.1) is 0 Å². The average Bonchev–Trinajstić information content (AvgIpc) is 3.10. The lowest BCUT2D eigenvalue weighted by Crippen LogP contribution is -2.31. The molecule has 0 aliphatic carbocycles. The van der Waals surface area contributed by atoms with Crippen molar-refractivity contribution < 1.29 is 14.7 Å². The molecule has 1 amide bonds. The predicted octanol–water partition coefficient (Wildman–Crippen LogP) is 4.22. The summed E-state index contributed by atoms with van der Waals surface area (Å²) in [6.45, 7) is 0. The number of halogens is 1. The number of carbonyl (C=O) groups excluding carboxylic acids is 1. The van der Waals surface area contributed by atoms with E-state index in [0.29, 0.717) is 11.4 Å². The monoisotopic (exact) mass is 382 g/mol. The first-order chi connectivity index (χ1) is 13.0. The van der Waals surface area contributed by atoms with Crippen molar-refractivity contribution in [3.05, 3.63) is 76.8 Å². The third-order valence-corrected chi connectivity index (χ3v) is 4.49. The van der Waals surface area contributed by atoms with Crippen molar-refractivity contribution in [3.63, 3.8) is 0 Å². The molecule has 2 aromatic carbocycles. The Morgan fingerprint density at radius 1 is 1.11 bits per heavy atom. The van der Waals surface area contributed by atoms with Gasteiger partial charge >= 0.3 is 5.97 Å². The molecule has 0 saturated carbocycles. The molecule has 0 saturated heterocycles. The Morgan fingerprint density at radius 2 is 1.81 bits per heavy atom. The first-order valence-corrected chi connectivity index (χ1v) is 9.01. The van der Waals surface area contributed by atoms with Crippen molar-refractivity contribution in [1.82, 2.24) is 5.01 Å². The van der Waals surface area contributed by atoms with E-state index >= 15 is 0 Å². The van der Waals surface area contributed by atoms with Gasteiger partial charge in [0.25, 0.3) is 0 Å². The number of hydrogen-bond donors (Lipinski definition) is 1. The average molecular weight is 383 g/mol. The summed E-state index contributed by atoms with van der Waals surface area (Å²) in [6, 6.07) is 16.8. The second kappa shape index (κ2) is 8.64. The molecule has 0 fully saturated rings. The minimum Gasteiger partial charge on any atom is -0.481 e. The smallest absolute Gasteiger partial charge is 0.303 e. The van der Waals surface area contributed by atoms with Crippen LogP contribution in [0.15, 0.2) is 65.8 Å². The van der Waals surface area contributed by atoms with Gasteiger partial charge in [-0.1, -0.05) is 66.2 Å². The fourth-order valence-corrected chi connectivity index (χ4v) is 2.98. The van der Waals surface area contributed by atoms with Gasteiger partial charge in [-0.25, -0.2) is 5.01 Å². The van der Waals surface area contributed by atoms with E-state index in [-0.39, 0.29) is 24.8 Å². The van der Waals surface area contributed by atoms with Crippen molar-refractivity contribution in [3.8, 4) is 0 Å². The molecule has 1 atom stereocenters. The lowest BCUT2D eigenvalue weighted by atomic mass is 10.0. The number of hydrogen-bond acceptors (Lipinski definition) is 3. The molecule has 3 rings (SSSR count). The Morgan fingerprint density at radius 3 is 2.48 bits per heavy atom. The number of rotatable bonds is 6. The molecule has 1 heterocycles. The molecule has 27 heavy (non-hydrogen) atoms. The molecule has 0 spiro atoms. The Labute approximate surface area is 162 Å². The molecular weight excluding hydrogens is 364 g/mol. The quantitative estimate of drug-likeness (QED) is 0.813. The largest absolute Gasteiger partial charge is 0.481 e. The Kier molecular flexibility index (Phi) is 6.04. The SMILES string of the molecule is O=C(O)CCC(=O)N1N=C(c2ccc(Cl)cc2)CC1C=Cc1ccccc1. The summed E-state index contributed by atoms with van der Waals surface area (Å²) in [5, 5.41) is 15.3. The summed E-state index contributed by atoms with van der Waals surface area (Å²) >= 11 is 5.94. The van der Waals surface area contributed by atoms with Gasteiger partial charge < -0.3 is 5.11 Å². The Balaban J connectivity index is 1.82. The number of aliphatic carboxylic acids is 1. The second-order valence-corrected chi connectivity index (χ2v) is 6.66. The summed E-state index contributed by atoms with van der Waals surface area (Å²) in [7, 11) is 0. The van der Waals surface area contributed by atoms with Crippen LogP contribution >= 0.6 is 11.6 Å². The van der Waals surface area contributed by atoms with E-state index in [9.17, 15) is 9.59 Å². The summed E-state index contributed by atoms with van der Waals surface area (Å²) in [4.78, 5) is 23.3. The lowest BCUT2D eigenvalue weighted by Gasteiger charge is -2.18. The maximum Gasteiger partial charge on any atom is 0.303 e. The minimum absolute atomic E-state index is 0.0809. The maximum absolute atomic E-state index is 12.5. The molecule has 5 nitrogen and oxygen atoms in total. The van der Waals surface area contributed by atoms with E-state index in [2.05, 4.69) is 5.10 Å². The van der Waals surface area contributed by atoms with Crippen LogP contribution in [0.5, 0.6) is 0 Å². The highest BCUT2D eigenvalue weighted by atomic mass is 35.5. The van der Waals surface area contributed by atoms with Crippen molar-refractivity contribution in [2.75, 3.05) is 0 Å². The molecular formula is C21H19ClN2O3. The fourth-order valence-electron chi connectivity index (χ4n) is 2.85. The minimum atomic E-state index is -0.999. The van der Waals surface area contributed by atoms with Crippen LogP contribution in [-0.4, -0.2) is 33.7 Å². The zero-order valence-electron chi connectivity index (χ0n) is 14.6. The van der Waals surface area contributed by atoms with E-state index in [0.717, 1.165) is 16.8 Å². The van der Waals surface area contributed by atoms with E-state index in [1.54, 1.807) is 12.1 Å². The summed E-state index contributed by atoms with van der Waals surface area (Å²) in [5.74, 6) is -1.30. The van der Waals surface area contributed by atoms with Crippen LogP contribution in [0.1, 0.15) is 30.4 Å². The predicted molar refractivity (Wildman–Crippen MR) is 106 cm³/mol. The topological polar surface area (TPSA) is 70.0 Å². The van der Waals surface area contributed by atoms with Gasteiger partial charge in [0.2, 0.25) is 5.91 Å². The molecule has 0 bridgehead atoms. The van der Waals surface area contributed by atoms with Gasteiger partial charge in [0.1, 0.15) is 0 Å². The Hall–Kier alpha value is -2.92. The van der Waals surface area contributed by atoms with Gasteiger partial charge in [0.05, 0.1) is 18.2 Å². The van der Waals surface area contributed by atoms with E-state index in [4.69, 9.17) is 16.7 Å². The van der Waals surface area contributed by atoms with Gasteiger partial charge in [0.15, 0.2) is 0 Å². The van der Waals surface area contributed by atoms with Crippen LogP contribution in [0.25, 0.3) is 6.08 Å². The second-order valence-electron chi connectivity index (χ2n) is 6.23. The standard InChI is InChI=1S/C21H19ClN2O3/c22-17-9-7-16(8-10-17)19-14-18(11-6-15-4-2-1-3-5-15)24(23-19)20(25)12-13-21(26)27/h1-11,18H,12-14H2,(H,26,27). The number of nitrogens with zero attached hydrogens (tertiary/aromatic N) is 2. The number of amides is 1. The van der Waals surface area contributed by atoms with Crippen molar-refractivity contribution >= 4 is 35.3 Å². The normalized spacial score (nSPS) is 16.6. The number of carboxylic acids is 1. The maximum atomic E-state index is 12.5. The van der Waals surface area contributed by atoms with Crippen LogP contribution in [0.2, 0.25) is 5.02 Å². The zero-order valence-corrected chi connectivity index (χ0v) is 15.3. The number of carboxylic acid groups (broad SMARTS) is 1. The first-order valence-electron chi connectivity index (χ1n) is 8.63. The van der Waals surface area contributed by atoms with E-state index < -0.39 is 5.97 Å². The van der Waals surface area contributed by atoms with Gasteiger partial charge in [-0.15, -0.1) is 0 Å². The summed E-state index contributed by atoms with van der Waals surface area (Å²) in [6.07, 6.45) is 4.14. The molecule has 0 radical (unpaired) electrons. The van der Waals surface area contributed by atoms with Gasteiger partial charge in [-0.3, -0.25) is 9.59 Å². The van der Waals surface area contributed by atoms with Crippen molar-refractivity contribution in [2.45, 2.75) is 25.3 Å². The third kappa shape index (κ3) is 5.05. The fraction of sp³-hybridized carbons (Fsp3) is 0.190. The summed E-state index contributed by atoms with van der Waals surface area (Å²) < 4.78 is 0. The van der Waals surface area contributed by atoms with Gasteiger partial charge in [-0.05, 0) is 23.3 Å². The molecule has 1 aliphatic heterocycles. The van der Waals surface area contributed by atoms with Gasteiger partial charge in [-0.2, -0.15) is 5.10 Å². The Bertz CT molecular complexity index is 876. The molecule has 1 unspecified atom stereocenters. The highest BCUT2D eigenvalue weighted by Crippen LogP contribution is 2.24. The summed E-state index contributed by atoms with van der Waals surface area (Å²) in [5.41, 5.74) is 2.69. The molecule has 1 N–H and O–H groups in total. The number of hydrazone groups is 1. The van der Waals surface area contributed by atoms with Crippen LogP contribution in [-0.2, 0) is 9.59 Å². The first kappa shape index (κ1) is 18.9. The number of benzene rings is 2. The molecule has 1 aliphatic rings. The van der Waals surface area contributed by atoms with Gasteiger partial charge in [0, 0.05) is 17.9 Å². The highest BCUT2D eigenvalue weighted by molar-refractivity contribution is 6.30. The molecule has 0 aromatic heterocycles. The zero-order chi connectivity index (χ0) is 19.2. The lowest BCUT2D eigenvalue weighted by molar-refractivity contribution is -0.141. The van der Waals surface area contributed by atoms with Crippen LogP contribution < -0.4 is 0 Å². The third-order valence-electron chi connectivity index (χ3n) is 4.24. The van der Waals surface area contributed by atoms with Crippen molar-refractivity contribution in [2.24, 2.45) is 5.10 Å². The highest BCUT2D eigenvalue weighted by Gasteiger charge is 2.30. The molecule has 138 valence electrons. The van der Waals surface area contributed by atoms with E-state index in [1.165, 1.54) is 5.01 Å². The van der Waals surface area contributed by atoms with Crippen molar-refractivity contribution in [1.29, 1.82) is 0 Å². The van der Waals surface area contributed by atoms with Crippen LogP contribution in [0.4, 0.5) is 0 Å².